The minimum absolute atomic E-state index is 0.00656. The average Bonchev–Trinajstić information content (AvgIpc) is 3.33. The normalized spacial score (nSPS) is 13.0. The molecule has 0 saturated heterocycles. The van der Waals surface area contributed by atoms with Gasteiger partial charge in [-0.05, 0) is 23.4 Å². The number of nitro groups is 1. The van der Waals surface area contributed by atoms with Gasteiger partial charge < -0.3 is 4.90 Å². The Morgan fingerprint density at radius 3 is 2.96 bits per heavy atom. The van der Waals surface area contributed by atoms with Crippen molar-refractivity contribution in [2.75, 3.05) is 11.4 Å². The second-order valence-corrected chi connectivity index (χ2v) is 7.47. The zero-order chi connectivity index (χ0) is 17.4. The summed E-state index contributed by atoms with van der Waals surface area (Å²) < 4.78 is 0. The van der Waals surface area contributed by atoms with Crippen LogP contribution in [0.25, 0.3) is 9.88 Å². The molecular formula is C17H13N3O3S2. The predicted molar refractivity (Wildman–Crippen MR) is 98.3 cm³/mol. The quantitative estimate of drug-likeness (QED) is 0.515. The van der Waals surface area contributed by atoms with Crippen molar-refractivity contribution < 1.29 is 9.72 Å². The number of nitro benzene ring substituents is 1. The van der Waals surface area contributed by atoms with E-state index in [9.17, 15) is 14.9 Å². The minimum Gasteiger partial charge on any atom is -0.311 e. The van der Waals surface area contributed by atoms with Crippen molar-refractivity contribution in [2.45, 2.75) is 12.8 Å². The third-order valence-corrected chi connectivity index (χ3v) is 6.02. The smallest absolute Gasteiger partial charge is 0.271 e. The first-order chi connectivity index (χ1) is 12.1. The Bertz CT molecular complexity index is 950. The van der Waals surface area contributed by atoms with Gasteiger partial charge in [0.15, 0.2) is 0 Å². The van der Waals surface area contributed by atoms with Crippen molar-refractivity contribution in [1.29, 1.82) is 0 Å². The van der Waals surface area contributed by atoms with Crippen LogP contribution in [0, 0.1) is 10.1 Å². The van der Waals surface area contributed by atoms with Gasteiger partial charge in [0, 0.05) is 24.1 Å². The lowest BCUT2D eigenvalue weighted by molar-refractivity contribution is -0.384. The number of carbonyl (C=O) groups is 1. The summed E-state index contributed by atoms with van der Waals surface area (Å²) in [5, 5.41) is 15.8. The van der Waals surface area contributed by atoms with E-state index in [-0.39, 0.29) is 18.0 Å². The van der Waals surface area contributed by atoms with Crippen LogP contribution in [-0.4, -0.2) is 22.4 Å². The Labute approximate surface area is 151 Å². The summed E-state index contributed by atoms with van der Waals surface area (Å²) >= 11 is 3.14. The van der Waals surface area contributed by atoms with E-state index in [1.165, 1.54) is 23.5 Å². The Morgan fingerprint density at radius 1 is 1.32 bits per heavy atom. The summed E-state index contributed by atoms with van der Waals surface area (Å²) in [4.78, 5) is 30.5. The van der Waals surface area contributed by atoms with E-state index in [1.807, 2.05) is 22.9 Å². The van der Waals surface area contributed by atoms with Gasteiger partial charge in [-0.2, -0.15) is 0 Å². The van der Waals surface area contributed by atoms with E-state index >= 15 is 0 Å². The lowest BCUT2D eigenvalue weighted by Gasteiger charge is -2.16. The number of thiazole rings is 1. The van der Waals surface area contributed by atoms with Crippen molar-refractivity contribution >= 4 is 40.0 Å². The van der Waals surface area contributed by atoms with Crippen LogP contribution in [0.5, 0.6) is 0 Å². The Hall–Kier alpha value is -2.58. The van der Waals surface area contributed by atoms with Gasteiger partial charge in [0.1, 0.15) is 5.01 Å². The second kappa shape index (κ2) is 6.38. The van der Waals surface area contributed by atoms with E-state index in [2.05, 4.69) is 4.98 Å². The van der Waals surface area contributed by atoms with Gasteiger partial charge in [0.05, 0.1) is 27.6 Å². The number of carbonyl (C=O) groups excluding carboxylic acids is 1. The molecule has 4 rings (SSSR count). The molecule has 3 aromatic rings. The fourth-order valence-electron chi connectivity index (χ4n) is 2.89. The van der Waals surface area contributed by atoms with Crippen molar-refractivity contribution in [1.82, 2.24) is 4.98 Å². The monoisotopic (exact) mass is 371 g/mol. The maximum absolute atomic E-state index is 12.7. The highest BCUT2D eigenvalue weighted by molar-refractivity contribution is 7.20. The Balaban J connectivity index is 1.54. The van der Waals surface area contributed by atoms with Crippen LogP contribution in [0.3, 0.4) is 0 Å². The van der Waals surface area contributed by atoms with E-state index in [1.54, 1.807) is 22.3 Å². The molecule has 3 heterocycles. The Morgan fingerprint density at radius 2 is 2.20 bits per heavy atom. The van der Waals surface area contributed by atoms with Gasteiger partial charge >= 0.3 is 0 Å². The van der Waals surface area contributed by atoms with E-state index in [4.69, 9.17) is 0 Å². The standard InChI is InChI=1S/C17H13N3O3S2/c21-16(8-12-10-25-17(18-12)15-2-1-7-24-15)19-6-5-11-3-4-13(20(22)23)9-14(11)19/h1-4,7,9-10H,5-6,8H2. The molecule has 0 fully saturated rings. The summed E-state index contributed by atoms with van der Waals surface area (Å²) in [6.45, 7) is 0.553. The number of hydrogen-bond acceptors (Lipinski definition) is 6. The molecule has 1 aliphatic heterocycles. The molecule has 0 spiro atoms. The summed E-state index contributed by atoms with van der Waals surface area (Å²) in [6, 6.07) is 8.68. The highest BCUT2D eigenvalue weighted by Gasteiger charge is 2.27. The molecule has 25 heavy (non-hydrogen) atoms. The molecular weight excluding hydrogens is 358 g/mol. The molecule has 0 unspecified atom stereocenters. The number of aromatic nitrogens is 1. The van der Waals surface area contributed by atoms with Gasteiger partial charge in [-0.1, -0.05) is 12.1 Å². The van der Waals surface area contributed by atoms with E-state index in [0.717, 1.165) is 27.6 Å². The first-order valence-electron chi connectivity index (χ1n) is 7.68. The number of amides is 1. The van der Waals surface area contributed by atoms with Crippen LogP contribution in [0.4, 0.5) is 11.4 Å². The number of nitrogens with zero attached hydrogens (tertiary/aromatic N) is 3. The van der Waals surface area contributed by atoms with Crippen molar-refractivity contribution in [3.8, 4) is 9.88 Å². The molecule has 0 radical (unpaired) electrons. The number of fused-ring (bicyclic) bond motifs is 1. The minimum atomic E-state index is -0.436. The van der Waals surface area contributed by atoms with Crippen LogP contribution >= 0.6 is 22.7 Å². The highest BCUT2D eigenvalue weighted by atomic mass is 32.1. The highest BCUT2D eigenvalue weighted by Crippen LogP contribution is 2.33. The first-order valence-corrected chi connectivity index (χ1v) is 9.44. The topological polar surface area (TPSA) is 76.3 Å². The van der Waals surface area contributed by atoms with Gasteiger partial charge in [-0.25, -0.2) is 4.98 Å². The van der Waals surface area contributed by atoms with Crippen LogP contribution < -0.4 is 4.90 Å². The van der Waals surface area contributed by atoms with Crippen LogP contribution in [0.15, 0.2) is 41.1 Å². The van der Waals surface area contributed by atoms with Gasteiger partial charge in [-0.3, -0.25) is 14.9 Å². The van der Waals surface area contributed by atoms with Crippen molar-refractivity contribution in [3.05, 3.63) is 62.5 Å². The lowest BCUT2D eigenvalue weighted by atomic mass is 10.1. The molecule has 6 nitrogen and oxygen atoms in total. The van der Waals surface area contributed by atoms with Gasteiger partial charge in [0.25, 0.3) is 5.69 Å². The summed E-state index contributed by atoms with van der Waals surface area (Å²) in [5.74, 6) is -0.0812. The van der Waals surface area contributed by atoms with Crippen molar-refractivity contribution in [2.24, 2.45) is 0 Å². The molecule has 8 heteroatoms. The molecule has 0 saturated carbocycles. The molecule has 1 aliphatic rings. The molecule has 1 amide bonds. The summed E-state index contributed by atoms with van der Waals surface area (Å²) in [5.41, 5.74) is 2.36. The van der Waals surface area contributed by atoms with E-state index in [0.29, 0.717) is 12.2 Å². The molecule has 0 atom stereocenters. The fourth-order valence-corrected chi connectivity index (χ4v) is 4.53. The summed E-state index contributed by atoms with van der Waals surface area (Å²) in [6.07, 6.45) is 0.917. The number of hydrogen-bond donors (Lipinski definition) is 0. The zero-order valence-electron chi connectivity index (χ0n) is 13.0. The van der Waals surface area contributed by atoms with E-state index < -0.39 is 4.92 Å². The predicted octanol–water partition coefficient (Wildman–Crippen LogP) is 3.91. The van der Waals surface area contributed by atoms with Crippen LogP contribution in [-0.2, 0) is 17.6 Å². The third kappa shape index (κ3) is 3.06. The van der Waals surface area contributed by atoms with Crippen LogP contribution in [0.2, 0.25) is 0 Å². The number of non-ortho nitro benzene ring substituents is 1. The molecule has 1 aromatic carbocycles. The van der Waals surface area contributed by atoms with Gasteiger partial charge in [0.2, 0.25) is 5.91 Å². The molecule has 126 valence electrons. The largest absolute Gasteiger partial charge is 0.311 e. The molecule has 0 bridgehead atoms. The second-order valence-electron chi connectivity index (χ2n) is 5.66. The number of thiophene rings is 1. The number of rotatable bonds is 4. The van der Waals surface area contributed by atoms with Crippen LogP contribution in [0.1, 0.15) is 11.3 Å². The first kappa shape index (κ1) is 15.9. The maximum atomic E-state index is 12.7. The SMILES string of the molecule is O=C(Cc1csc(-c2cccs2)n1)N1CCc2ccc([N+](=O)[O-])cc21. The Kier molecular flexibility index (Phi) is 4.06. The average molecular weight is 371 g/mol. The summed E-state index contributed by atoms with van der Waals surface area (Å²) in [7, 11) is 0. The molecule has 0 N–H and O–H groups in total. The van der Waals surface area contributed by atoms with Crippen molar-refractivity contribution in [3.63, 3.8) is 0 Å². The number of anilines is 1. The fraction of sp³-hybridized carbons (Fsp3) is 0.176. The zero-order valence-corrected chi connectivity index (χ0v) is 14.7. The third-order valence-electron chi connectivity index (χ3n) is 4.09. The number of benzene rings is 1. The molecule has 0 aliphatic carbocycles. The molecule has 2 aromatic heterocycles. The maximum Gasteiger partial charge on any atom is 0.271 e. The van der Waals surface area contributed by atoms with Gasteiger partial charge in [-0.15, -0.1) is 22.7 Å². The lowest BCUT2D eigenvalue weighted by Crippen LogP contribution is -2.30.